The molecule has 1 fully saturated rings. The minimum Gasteiger partial charge on any atom is -0.343 e. The van der Waals surface area contributed by atoms with Crippen molar-refractivity contribution in [1.29, 1.82) is 0 Å². The van der Waals surface area contributed by atoms with Crippen LogP contribution in [0.15, 0.2) is 53.7 Å². The van der Waals surface area contributed by atoms with Crippen LogP contribution in [0.25, 0.3) is 17.1 Å². The van der Waals surface area contributed by atoms with Crippen molar-refractivity contribution >= 4 is 40.9 Å². The number of hydrogen-bond donors (Lipinski definition) is 0. The van der Waals surface area contributed by atoms with Gasteiger partial charge < -0.3 is 4.90 Å². The van der Waals surface area contributed by atoms with Crippen LogP contribution in [0, 0.1) is 0 Å². The van der Waals surface area contributed by atoms with E-state index in [9.17, 15) is 4.79 Å². The van der Waals surface area contributed by atoms with Crippen LogP contribution in [-0.2, 0) is 4.79 Å². The summed E-state index contributed by atoms with van der Waals surface area (Å²) in [5.74, 6) is 1.78. The predicted molar refractivity (Wildman–Crippen MR) is 123 cm³/mol. The Bertz CT molecular complexity index is 1020. The van der Waals surface area contributed by atoms with Crippen molar-refractivity contribution < 1.29 is 4.79 Å². The molecule has 0 saturated carbocycles. The van der Waals surface area contributed by atoms with Gasteiger partial charge in [0.2, 0.25) is 5.91 Å². The molecule has 0 radical (unpaired) electrons. The van der Waals surface area contributed by atoms with Gasteiger partial charge in [-0.1, -0.05) is 65.3 Å². The molecule has 8 heteroatoms. The average molecular weight is 461 g/mol. The number of likely N-dealkylation sites (tertiary alicyclic amines) is 1. The topological polar surface area (TPSA) is 51.0 Å². The van der Waals surface area contributed by atoms with Gasteiger partial charge in [-0.3, -0.25) is 9.36 Å². The largest absolute Gasteiger partial charge is 0.343 e. The molecular formula is C22H22Cl2N4OS. The van der Waals surface area contributed by atoms with Gasteiger partial charge in [0, 0.05) is 30.8 Å². The summed E-state index contributed by atoms with van der Waals surface area (Å²) in [4.78, 5) is 14.2. The molecule has 1 aromatic heterocycles. The fraction of sp³-hybridized carbons (Fsp3) is 0.318. The first-order chi connectivity index (χ1) is 14.6. The van der Waals surface area contributed by atoms with Crippen molar-refractivity contribution in [2.45, 2.75) is 30.8 Å². The van der Waals surface area contributed by atoms with Crippen molar-refractivity contribution in [2.24, 2.45) is 0 Å². The Morgan fingerprint density at radius 2 is 1.77 bits per heavy atom. The quantitative estimate of drug-likeness (QED) is 0.333. The summed E-state index contributed by atoms with van der Waals surface area (Å²) in [5.41, 5.74) is 1.82. The van der Waals surface area contributed by atoms with Gasteiger partial charge in [-0.25, -0.2) is 0 Å². The number of benzene rings is 2. The number of hydrogen-bond acceptors (Lipinski definition) is 4. The summed E-state index contributed by atoms with van der Waals surface area (Å²) in [5, 5.41) is 10.6. The fourth-order valence-electron chi connectivity index (χ4n) is 3.51. The molecule has 3 aromatic rings. The lowest BCUT2D eigenvalue weighted by Crippen LogP contribution is -2.27. The zero-order chi connectivity index (χ0) is 20.9. The van der Waals surface area contributed by atoms with E-state index in [1.165, 1.54) is 0 Å². The summed E-state index contributed by atoms with van der Waals surface area (Å²) in [6, 6.07) is 15.4. The number of halogens is 2. The van der Waals surface area contributed by atoms with Crippen LogP contribution < -0.4 is 0 Å². The van der Waals surface area contributed by atoms with Gasteiger partial charge in [-0.2, -0.15) is 0 Å². The van der Waals surface area contributed by atoms with E-state index in [1.807, 2.05) is 51.9 Å². The van der Waals surface area contributed by atoms with Crippen LogP contribution >= 0.6 is 35.0 Å². The number of amides is 1. The van der Waals surface area contributed by atoms with Crippen LogP contribution in [0.5, 0.6) is 0 Å². The number of aromatic nitrogens is 3. The fourth-order valence-corrected chi connectivity index (χ4v) is 4.69. The van der Waals surface area contributed by atoms with Crippen LogP contribution in [0.3, 0.4) is 0 Å². The van der Waals surface area contributed by atoms with E-state index >= 15 is 0 Å². The van der Waals surface area contributed by atoms with Crippen molar-refractivity contribution in [3.63, 3.8) is 0 Å². The van der Waals surface area contributed by atoms with Gasteiger partial charge in [-0.05, 0) is 37.5 Å². The Labute approximate surface area is 190 Å². The molecule has 0 N–H and O–H groups in total. The van der Waals surface area contributed by atoms with Crippen molar-refractivity contribution in [3.8, 4) is 17.1 Å². The molecule has 1 amide bonds. The summed E-state index contributed by atoms with van der Waals surface area (Å²) in [7, 11) is 0. The molecule has 2 aromatic carbocycles. The van der Waals surface area contributed by atoms with Crippen molar-refractivity contribution in [3.05, 3.63) is 58.6 Å². The number of rotatable bonds is 7. The number of nitrogens with zero attached hydrogens (tertiary/aromatic N) is 4. The maximum Gasteiger partial charge on any atom is 0.222 e. The van der Waals surface area contributed by atoms with Crippen molar-refractivity contribution in [2.75, 3.05) is 18.8 Å². The minimum atomic E-state index is 0.254. The molecular weight excluding hydrogens is 439 g/mol. The second-order valence-corrected chi connectivity index (χ2v) is 9.02. The third kappa shape index (κ3) is 4.82. The second-order valence-electron chi connectivity index (χ2n) is 7.15. The third-order valence-corrected chi connectivity index (χ3v) is 6.81. The smallest absolute Gasteiger partial charge is 0.222 e. The van der Waals surface area contributed by atoms with E-state index < -0.39 is 0 Å². The lowest BCUT2D eigenvalue weighted by Gasteiger charge is -2.15. The SMILES string of the molecule is O=C(CCCSc1nnc(-c2ccccc2)n1-c1ccc(Cl)c(Cl)c1)N1CCCC1. The van der Waals surface area contributed by atoms with Crippen LogP contribution in [0.2, 0.25) is 10.0 Å². The molecule has 0 bridgehead atoms. The van der Waals surface area contributed by atoms with Crippen LogP contribution in [0.1, 0.15) is 25.7 Å². The summed E-state index contributed by atoms with van der Waals surface area (Å²) < 4.78 is 1.99. The van der Waals surface area contributed by atoms with Gasteiger partial charge in [0.05, 0.1) is 15.7 Å². The van der Waals surface area contributed by atoms with E-state index in [4.69, 9.17) is 23.2 Å². The molecule has 30 heavy (non-hydrogen) atoms. The highest BCUT2D eigenvalue weighted by Crippen LogP contribution is 2.31. The highest BCUT2D eigenvalue weighted by atomic mass is 35.5. The normalized spacial score (nSPS) is 13.7. The number of carbonyl (C=O) groups excluding carboxylic acids is 1. The van der Waals surface area contributed by atoms with E-state index in [2.05, 4.69) is 10.2 Å². The molecule has 0 unspecified atom stereocenters. The lowest BCUT2D eigenvalue weighted by atomic mass is 10.2. The predicted octanol–water partition coefficient (Wildman–Crippen LogP) is 5.74. The summed E-state index contributed by atoms with van der Waals surface area (Å²) >= 11 is 14.0. The number of carbonyl (C=O) groups is 1. The standard InChI is InChI=1S/C22H22Cl2N4OS/c23-18-11-10-17(15-19(18)24)28-21(16-7-2-1-3-8-16)25-26-22(28)30-14-6-9-20(29)27-12-4-5-13-27/h1-3,7-8,10-11,15H,4-6,9,12-14H2. The highest BCUT2D eigenvalue weighted by molar-refractivity contribution is 7.99. The van der Waals surface area contributed by atoms with Gasteiger partial charge >= 0.3 is 0 Å². The first-order valence-corrected chi connectivity index (χ1v) is 11.7. The molecule has 5 nitrogen and oxygen atoms in total. The van der Waals surface area contributed by atoms with E-state index in [1.54, 1.807) is 17.8 Å². The van der Waals surface area contributed by atoms with Gasteiger partial charge in [0.15, 0.2) is 11.0 Å². The average Bonchev–Trinajstić information content (AvgIpc) is 3.44. The molecule has 4 rings (SSSR count). The Morgan fingerprint density at radius 3 is 2.50 bits per heavy atom. The Kier molecular flexibility index (Phi) is 6.97. The van der Waals surface area contributed by atoms with Gasteiger partial charge in [-0.15, -0.1) is 10.2 Å². The van der Waals surface area contributed by atoms with E-state index in [0.29, 0.717) is 16.5 Å². The van der Waals surface area contributed by atoms with E-state index in [0.717, 1.165) is 60.3 Å². The van der Waals surface area contributed by atoms with E-state index in [-0.39, 0.29) is 5.91 Å². The summed E-state index contributed by atoms with van der Waals surface area (Å²) in [6.45, 7) is 1.80. The molecule has 156 valence electrons. The Hall–Kier alpha value is -2.02. The molecule has 2 heterocycles. The zero-order valence-electron chi connectivity index (χ0n) is 16.4. The molecule has 1 saturated heterocycles. The molecule has 0 atom stereocenters. The van der Waals surface area contributed by atoms with Gasteiger partial charge in [0.25, 0.3) is 0 Å². The molecule has 0 aliphatic carbocycles. The highest BCUT2D eigenvalue weighted by Gasteiger charge is 2.19. The molecule has 0 spiro atoms. The number of thioether (sulfide) groups is 1. The first-order valence-electron chi connectivity index (χ1n) is 10.0. The van der Waals surface area contributed by atoms with Crippen molar-refractivity contribution in [1.82, 2.24) is 19.7 Å². The maximum absolute atomic E-state index is 12.3. The zero-order valence-corrected chi connectivity index (χ0v) is 18.8. The minimum absolute atomic E-state index is 0.254. The van der Waals surface area contributed by atoms with Crippen LogP contribution in [0.4, 0.5) is 0 Å². The Balaban J connectivity index is 1.53. The second kappa shape index (κ2) is 9.86. The maximum atomic E-state index is 12.3. The molecule has 1 aliphatic heterocycles. The van der Waals surface area contributed by atoms with Crippen LogP contribution in [-0.4, -0.2) is 44.4 Å². The monoisotopic (exact) mass is 460 g/mol. The lowest BCUT2D eigenvalue weighted by molar-refractivity contribution is -0.130. The third-order valence-electron chi connectivity index (χ3n) is 5.05. The molecule has 1 aliphatic rings. The first kappa shape index (κ1) is 21.2. The Morgan fingerprint density at radius 1 is 1.00 bits per heavy atom. The van der Waals surface area contributed by atoms with Gasteiger partial charge in [0.1, 0.15) is 0 Å². The summed E-state index contributed by atoms with van der Waals surface area (Å²) in [6.07, 6.45) is 3.61.